The van der Waals surface area contributed by atoms with Crippen molar-refractivity contribution in [3.8, 4) is 0 Å². The monoisotopic (exact) mass is 457 g/mol. The third kappa shape index (κ3) is 4.79. The molecule has 1 aromatic carbocycles. The van der Waals surface area contributed by atoms with Gasteiger partial charge in [-0.3, -0.25) is 0 Å². The first-order valence-corrected chi connectivity index (χ1v) is 12.5. The maximum atomic E-state index is 12.9. The molecule has 0 amide bonds. The first kappa shape index (κ1) is 22.7. The number of benzene rings is 1. The summed E-state index contributed by atoms with van der Waals surface area (Å²) in [6.45, 7) is 8.53. The van der Waals surface area contributed by atoms with Crippen molar-refractivity contribution in [1.82, 2.24) is 9.21 Å². The summed E-state index contributed by atoms with van der Waals surface area (Å²) in [4.78, 5) is 11.8. The maximum absolute atomic E-state index is 12.9. The van der Waals surface area contributed by atoms with E-state index in [1.54, 1.807) is 28.6 Å². The van der Waals surface area contributed by atoms with Gasteiger partial charge in [-0.15, -0.1) is 0 Å². The van der Waals surface area contributed by atoms with Crippen molar-refractivity contribution in [2.24, 2.45) is 15.9 Å². The van der Waals surface area contributed by atoms with Crippen LogP contribution >= 0.6 is 0 Å². The Hall–Kier alpha value is -2.49. The van der Waals surface area contributed by atoms with Crippen LogP contribution in [0.25, 0.3) is 0 Å². The summed E-state index contributed by atoms with van der Waals surface area (Å²) in [7, 11) is -1.49. The van der Waals surface area contributed by atoms with Crippen molar-refractivity contribution < 1.29 is 13.2 Å². The molecule has 0 saturated carbocycles. The number of nitrogens with one attached hydrogen (secondary N) is 1. The fraction of sp³-hybridized carbons (Fsp3) is 0.478. The molecule has 2 unspecified atom stereocenters. The lowest BCUT2D eigenvalue weighted by Gasteiger charge is -2.31. The highest BCUT2D eigenvalue weighted by Gasteiger charge is 2.31. The van der Waals surface area contributed by atoms with E-state index in [9.17, 15) is 8.42 Å². The van der Waals surface area contributed by atoms with Crippen molar-refractivity contribution in [3.63, 3.8) is 0 Å². The normalized spacial score (nSPS) is 24.5. The average Bonchev–Trinajstić information content (AvgIpc) is 2.75. The molecule has 2 heterocycles. The molecule has 1 N–H and O–H groups in total. The van der Waals surface area contributed by atoms with Gasteiger partial charge in [0.1, 0.15) is 5.76 Å². The summed E-state index contributed by atoms with van der Waals surface area (Å²) in [6.07, 6.45) is 6.07. The highest BCUT2D eigenvalue weighted by Crippen LogP contribution is 2.27. The highest BCUT2D eigenvalue weighted by molar-refractivity contribution is 7.89. The molecule has 1 aromatic rings. The predicted molar refractivity (Wildman–Crippen MR) is 128 cm³/mol. The van der Waals surface area contributed by atoms with E-state index in [1.165, 1.54) is 0 Å². The Balaban J connectivity index is 1.49. The van der Waals surface area contributed by atoms with Gasteiger partial charge in [0.2, 0.25) is 16.0 Å². The van der Waals surface area contributed by atoms with E-state index in [4.69, 9.17) is 9.73 Å². The van der Waals surface area contributed by atoms with Crippen LogP contribution in [0.5, 0.6) is 0 Å². The number of hydrogen-bond donors (Lipinski definition) is 1. The van der Waals surface area contributed by atoms with E-state index in [0.29, 0.717) is 23.9 Å². The second-order valence-corrected chi connectivity index (χ2v) is 10.6. The molecule has 1 fully saturated rings. The number of guanidine groups is 1. The molecule has 1 aliphatic carbocycles. The van der Waals surface area contributed by atoms with Gasteiger partial charge in [0.15, 0.2) is 0 Å². The summed E-state index contributed by atoms with van der Waals surface area (Å²) in [5.41, 5.74) is 1.60. The number of anilines is 1. The van der Waals surface area contributed by atoms with Crippen LogP contribution in [0, 0.1) is 5.92 Å². The van der Waals surface area contributed by atoms with Crippen LogP contribution in [0.3, 0.4) is 0 Å². The van der Waals surface area contributed by atoms with Crippen LogP contribution in [0.15, 0.2) is 63.1 Å². The molecular weight excluding hydrogens is 426 g/mol. The fourth-order valence-corrected chi connectivity index (χ4v) is 5.39. The number of piperazine rings is 1. The van der Waals surface area contributed by atoms with Crippen molar-refractivity contribution in [3.05, 3.63) is 48.3 Å². The minimum atomic E-state index is -3.49. The quantitative estimate of drug-likeness (QED) is 0.735. The Morgan fingerprint density at radius 2 is 1.81 bits per heavy atom. The molecule has 1 saturated heterocycles. The molecule has 32 heavy (non-hydrogen) atoms. The lowest BCUT2D eigenvalue weighted by atomic mass is 9.90. The van der Waals surface area contributed by atoms with Gasteiger partial charge in [-0.25, -0.2) is 18.4 Å². The van der Waals surface area contributed by atoms with Gasteiger partial charge in [-0.2, -0.15) is 4.31 Å². The Bertz CT molecular complexity index is 1070. The summed E-state index contributed by atoms with van der Waals surface area (Å²) >= 11 is 0. The van der Waals surface area contributed by atoms with E-state index in [0.717, 1.165) is 30.2 Å². The van der Waals surface area contributed by atoms with Crippen molar-refractivity contribution >= 4 is 27.4 Å². The molecule has 4 rings (SSSR count). The molecule has 0 spiro atoms. The molecule has 2 atom stereocenters. The largest absolute Gasteiger partial charge is 0.489 e. The predicted octanol–water partition coefficient (Wildman–Crippen LogP) is 2.73. The van der Waals surface area contributed by atoms with Crippen LogP contribution < -0.4 is 5.32 Å². The maximum Gasteiger partial charge on any atom is 0.243 e. The molecule has 2 aliphatic heterocycles. The number of nitrogens with zero attached hydrogens (tertiary/aromatic N) is 4. The lowest BCUT2D eigenvalue weighted by molar-refractivity contribution is 0.161. The van der Waals surface area contributed by atoms with E-state index in [-0.39, 0.29) is 18.1 Å². The third-order valence-electron chi connectivity index (χ3n) is 5.78. The number of likely N-dealkylation sites (N-methyl/N-ethyl adjacent to an activating group) is 1. The molecular formula is C23H31N5O3S. The number of sulfonamides is 1. The van der Waals surface area contributed by atoms with Crippen LogP contribution in [-0.2, 0) is 14.8 Å². The van der Waals surface area contributed by atoms with E-state index >= 15 is 0 Å². The number of rotatable bonds is 5. The zero-order valence-electron chi connectivity index (χ0n) is 19.0. The number of aliphatic imine (C=N–C) groups is 2. The fourth-order valence-electron chi connectivity index (χ4n) is 3.97. The Labute approximate surface area is 190 Å². The van der Waals surface area contributed by atoms with E-state index in [1.807, 2.05) is 33.0 Å². The van der Waals surface area contributed by atoms with Crippen LogP contribution in [0.1, 0.15) is 20.8 Å². The molecule has 0 aromatic heterocycles. The van der Waals surface area contributed by atoms with E-state index in [2.05, 4.69) is 28.2 Å². The minimum absolute atomic E-state index is 0.0117. The molecule has 3 aliphatic rings. The van der Waals surface area contributed by atoms with Gasteiger partial charge < -0.3 is 15.0 Å². The Morgan fingerprint density at radius 1 is 1.12 bits per heavy atom. The van der Waals surface area contributed by atoms with Gasteiger partial charge >= 0.3 is 0 Å². The van der Waals surface area contributed by atoms with Gasteiger partial charge in [0.25, 0.3) is 0 Å². The lowest BCUT2D eigenvalue weighted by Crippen LogP contribution is -2.46. The number of allylic oxidation sites excluding steroid dienone is 3. The molecule has 9 heteroatoms. The topological polar surface area (TPSA) is 86.6 Å². The van der Waals surface area contributed by atoms with Gasteiger partial charge in [0, 0.05) is 37.8 Å². The van der Waals surface area contributed by atoms with Gasteiger partial charge in [0.05, 0.1) is 22.8 Å². The molecule has 172 valence electrons. The number of fused-ring (bicyclic) bond motifs is 1. The Morgan fingerprint density at radius 3 is 2.47 bits per heavy atom. The minimum Gasteiger partial charge on any atom is -0.489 e. The SMILES string of the molecule is CC(C)OC1=CC=CC2C1=NC(Nc1ccc(S(=O)(=O)N3CCN(C)CC3)cc1)=NC2C. The Kier molecular flexibility index (Phi) is 6.50. The highest BCUT2D eigenvalue weighted by atomic mass is 32.2. The summed E-state index contributed by atoms with van der Waals surface area (Å²) < 4.78 is 33.4. The first-order valence-electron chi connectivity index (χ1n) is 11.0. The van der Waals surface area contributed by atoms with Crippen molar-refractivity contribution in [1.29, 1.82) is 0 Å². The molecule has 0 bridgehead atoms. The van der Waals surface area contributed by atoms with Crippen LogP contribution in [0.2, 0.25) is 0 Å². The second-order valence-electron chi connectivity index (χ2n) is 8.66. The third-order valence-corrected chi connectivity index (χ3v) is 7.69. The zero-order valence-corrected chi connectivity index (χ0v) is 19.8. The first-order chi connectivity index (χ1) is 15.2. The zero-order chi connectivity index (χ0) is 22.9. The molecule has 0 radical (unpaired) electrons. The summed E-state index contributed by atoms with van der Waals surface area (Å²) in [5.74, 6) is 1.34. The second kappa shape index (κ2) is 9.17. The van der Waals surface area contributed by atoms with Crippen LogP contribution in [0.4, 0.5) is 5.69 Å². The van der Waals surface area contributed by atoms with Crippen molar-refractivity contribution in [2.45, 2.75) is 37.8 Å². The van der Waals surface area contributed by atoms with Crippen molar-refractivity contribution in [2.75, 3.05) is 38.5 Å². The van der Waals surface area contributed by atoms with Gasteiger partial charge in [-0.05, 0) is 58.2 Å². The summed E-state index contributed by atoms with van der Waals surface area (Å²) in [6, 6.07) is 6.79. The number of ether oxygens (including phenoxy) is 1. The standard InChI is InChI=1S/C23H31N5O3S/c1-16(2)31-21-7-5-6-20-17(3)24-23(26-22(20)21)25-18-8-10-19(11-9-18)32(29,30)28-14-12-27(4)13-15-28/h5-11,16-17,20H,12-15H2,1-4H3,(H,24,25). The van der Waals surface area contributed by atoms with E-state index < -0.39 is 10.0 Å². The molecule has 8 nitrogen and oxygen atoms in total. The van der Waals surface area contributed by atoms with Crippen LogP contribution in [-0.4, -0.2) is 74.7 Å². The summed E-state index contributed by atoms with van der Waals surface area (Å²) in [5, 5.41) is 3.22. The number of hydrogen-bond acceptors (Lipinski definition) is 7. The average molecular weight is 458 g/mol. The van der Waals surface area contributed by atoms with Gasteiger partial charge in [-0.1, -0.05) is 12.2 Å². The smallest absolute Gasteiger partial charge is 0.243 e.